The molecule has 0 spiro atoms. The molecule has 0 saturated heterocycles. The summed E-state index contributed by atoms with van der Waals surface area (Å²) in [4.78, 5) is 3.05. The minimum Gasteiger partial charge on any atom is -0.214 e. The lowest BCUT2D eigenvalue weighted by Crippen LogP contribution is -1.98. The van der Waals surface area contributed by atoms with Crippen molar-refractivity contribution in [3.05, 3.63) is 53.7 Å². The van der Waals surface area contributed by atoms with Crippen LogP contribution in [0.5, 0.6) is 0 Å². The largest absolute Gasteiger partial charge is 0.249 e. The third-order valence-corrected chi connectivity index (χ3v) is 2.02. The quantitative estimate of drug-likeness (QED) is 0.538. The molecule has 0 amide bonds. The first kappa shape index (κ1) is 10.6. The molecule has 0 fully saturated rings. The van der Waals surface area contributed by atoms with Gasteiger partial charge in [-0.2, -0.15) is 4.39 Å². The number of hydrogen-bond donors (Lipinski definition) is 0. The second-order valence-electron chi connectivity index (χ2n) is 3.07. The highest BCUT2D eigenvalue weighted by Gasteiger charge is 2.15. The van der Waals surface area contributed by atoms with Gasteiger partial charge < -0.3 is 0 Å². The second-order valence-corrected chi connectivity index (χ2v) is 3.07. The van der Waals surface area contributed by atoms with E-state index in [9.17, 15) is 17.6 Å². The Morgan fingerprint density at radius 3 is 2.19 bits per heavy atom. The highest BCUT2D eigenvalue weighted by Crippen LogP contribution is 2.24. The van der Waals surface area contributed by atoms with Crippen molar-refractivity contribution in [2.75, 3.05) is 0 Å². The van der Waals surface area contributed by atoms with Crippen LogP contribution in [-0.4, -0.2) is 4.98 Å². The second kappa shape index (κ2) is 3.92. The molecule has 0 bridgehead atoms. The molecule has 1 nitrogen and oxygen atoms in total. The van der Waals surface area contributed by atoms with E-state index in [-0.39, 0.29) is 5.56 Å². The standard InChI is InChI=1S/C11H5F4N/c12-7-4-2-1-3-6(7)10-8(13)5-9(14)11(15)16-10/h1-5H. The summed E-state index contributed by atoms with van der Waals surface area (Å²) < 4.78 is 51.9. The maximum absolute atomic E-state index is 13.3. The number of aromatic nitrogens is 1. The van der Waals surface area contributed by atoms with Gasteiger partial charge in [-0.05, 0) is 12.1 Å². The highest BCUT2D eigenvalue weighted by molar-refractivity contribution is 5.60. The first-order chi connectivity index (χ1) is 7.59. The van der Waals surface area contributed by atoms with Gasteiger partial charge in [0.05, 0.1) is 0 Å². The third-order valence-electron chi connectivity index (χ3n) is 2.02. The van der Waals surface area contributed by atoms with Gasteiger partial charge in [-0.1, -0.05) is 12.1 Å². The summed E-state index contributed by atoms with van der Waals surface area (Å²) in [5.74, 6) is -4.72. The lowest BCUT2D eigenvalue weighted by Gasteiger charge is -2.04. The SMILES string of the molecule is Fc1ccccc1-c1nc(F)c(F)cc1F. The van der Waals surface area contributed by atoms with Crippen molar-refractivity contribution in [2.24, 2.45) is 0 Å². The molecule has 0 N–H and O–H groups in total. The fraction of sp³-hybridized carbons (Fsp3) is 0. The summed E-state index contributed by atoms with van der Waals surface area (Å²) in [5.41, 5.74) is -0.754. The Morgan fingerprint density at radius 2 is 1.50 bits per heavy atom. The van der Waals surface area contributed by atoms with Crippen molar-refractivity contribution in [1.82, 2.24) is 4.98 Å². The molecule has 16 heavy (non-hydrogen) atoms. The molecule has 0 aliphatic heterocycles. The summed E-state index contributed by atoms with van der Waals surface area (Å²) in [6, 6.07) is 5.50. The van der Waals surface area contributed by atoms with E-state index >= 15 is 0 Å². The minimum absolute atomic E-state index is 0.209. The molecule has 1 heterocycles. The predicted molar refractivity (Wildman–Crippen MR) is 49.5 cm³/mol. The maximum atomic E-state index is 13.3. The Bertz CT molecular complexity index is 540. The molecule has 82 valence electrons. The van der Waals surface area contributed by atoms with Crippen LogP contribution in [-0.2, 0) is 0 Å². The summed E-state index contributed by atoms with van der Waals surface area (Å²) in [7, 11) is 0. The Morgan fingerprint density at radius 1 is 0.812 bits per heavy atom. The fourth-order valence-corrected chi connectivity index (χ4v) is 1.29. The van der Waals surface area contributed by atoms with E-state index in [1.54, 1.807) is 0 Å². The van der Waals surface area contributed by atoms with Crippen molar-refractivity contribution < 1.29 is 17.6 Å². The van der Waals surface area contributed by atoms with E-state index in [0.717, 1.165) is 6.07 Å². The van der Waals surface area contributed by atoms with Crippen molar-refractivity contribution in [1.29, 1.82) is 0 Å². The van der Waals surface area contributed by atoms with Gasteiger partial charge in [0, 0.05) is 11.6 Å². The van der Waals surface area contributed by atoms with Crippen LogP contribution in [0.3, 0.4) is 0 Å². The van der Waals surface area contributed by atoms with Gasteiger partial charge >= 0.3 is 0 Å². The molecular formula is C11H5F4N. The van der Waals surface area contributed by atoms with Crippen LogP contribution >= 0.6 is 0 Å². The van der Waals surface area contributed by atoms with Gasteiger partial charge in [0.2, 0.25) is 5.95 Å². The Hall–Kier alpha value is -1.91. The highest BCUT2D eigenvalue weighted by atomic mass is 19.2. The zero-order chi connectivity index (χ0) is 11.7. The predicted octanol–water partition coefficient (Wildman–Crippen LogP) is 3.31. The lowest BCUT2D eigenvalue weighted by atomic mass is 10.1. The van der Waals surface area contributed by atoms with Crippen molar-refractivity contribution in [2.45, 2.75) is 0 Å². The molecule has 1 aromatic heterocycles. The molecular weight excluding hydrogens is 222 g/mol. The van der Waals surface area contributed by atoms with Crippen LogP contribution in [0.1, 0.15) is 0 Å². The van der Waals surface area contributed by atoms with Crippen molar-refractivity contribution in [3.63, 3.8) is 0 Å². The van der Waals surface area contributed by atoms with Gasteiger partial charge in [-0.3, -0.25) is 0 Å². The van der Waals surface area contributed by atoms with E-state index in [1.807, 2.05) is 0 Å². The first-order valence-corrected chi connectivity index (χ1v) is 4.36. The molecule has 1 aromatic carbocycles. The summed E-state index contributed by atoms with van der Waals surface area (Å²) in [6.07, 6.45) is 0. The average Bonchev–Trinajstić information content (AvgIpc) is 2.25. The molecule has 5 heteroatoms. The van der Waals surface area contributed by atoms with Gasteiger partial charge in [0.15, 0.2) is 11.6 Å². The van der Waals surface area contributed by atoms with Crippen molar-refractivity contribution in [3.8, 4) is 11.3 Å². The number of nitrogens with zero attached hydrogens (tertiary/aromatic N) is 1. The van der Waals surface area contributed by atoms with E-state index in [0.29, 0.717) is 6.07 Å². The third kappa shape index (κ3) is 1.76. The molecule has 0 atom stereocenters. The number of halogens is 4. The molecule has 0 saturated carbocycles. The normalized spacial score (nSPS) is 10.5. The van der Waals surface area contributed by atoms with Crippen LogP contribution in [0.4, 0.5) is 17.6 Å². The van der Waals surface area contributed by atoms with E-state index in [4.69, 9.17) is 0 Å². The first-order valence-electron chi connectivity index (χ1n) is 4.36. The van der Waals surface area contributed by atoms with Crippen LogP contribution < -0.4 is 0 Å². The van der Waals surface area contributed by atoms with E-state index < -0.39 is 29.1 Å². The molecule has 2 aromatic rings. The lowest BCUT2D eigenvalue weighted by molar-refractivity contribution is 0.466. The number of pyridine rings is 1. The van der Waals surface area contributed by atoms with Crippen LogP contribution in [0.15, 0.2) is 30.3 Å². The zero-order valence-electron chi connectivity index (χ0n) is 7.85. The van der Waals surface area contributed by atoms with E-state index in [2.05, 4.69) is 4.98 Å². The van der Waals surface area contributed by atoms with Gasteiger partial charge in [-0.25, -0.2) is 18.2 Å². The molecule has 0 radical (unpaired) electrons. The Labute approximate surface area is 88.4 Å². The average molecular weight is 227 g/mol. The van der Waals surface area contributed by atoms with Crippen LogP contribution in [0, 0.1) is 23.4 Å². The Kier molecular flexibility index (Phi) is 2.60. The zero-order valence-corrected chi connectivity index (χ0v) is 7.85. The van der Waals surface area contributed by atoms with Gasteiger partial charge in [0.1, 0.15) is 11.5 Å². The fourth-order valence-electron chi connectivity index (χ4n) is 1.29. The topological polar surface area (TPSA) is 12.9 Å². The smallest absolute Gasteiger partial charge is 0.214 e. The van der Waals surface area contributed by atoms with Crippen LogP contribution in [0.25, 0.3) is 11.3 Å². The number of benzene rings is 1. The molecule has 0 aliphatic carbocycles. The van der Waals surface area contributed by atoms with Crippen LogP contribution in [0.2, 0.25) is 0 Å². The minimum atomic E-state index is -1.46. The number of rotatable bonds is 1. The summed E-state index contributed by atoms with van der Waals surface area (Å²) >= 11 is 0. The van der Waals surface area contributed by atoms with E-state index in [1.165, 1.54) is 18.2 Å². The molecule has 2 rings (SSSR count). The summed E-state index contributed by atoms with van der Waals surface area (Å²) in [6.45, 7) is 0. The summed E-state index contributed by atoms with van der Waals surface area (Å²) in [5, 5.41) is 0. The number of hydrogen-bond acceptors (Lipinski definition) is 1. The van der Waals surface area contributed by atoms with Gasteiger partial charge in [0.25, 0.3) is 0 Å². The molecule has 0 aliphatic rings. The van der Waals surface area contributed by atoms with Crippen molar-refractivity contribution >= 4 is 0 Å². The maximum Gasteiger partial charge on any atom is 0.249 e. The monoisotopic (exact) mass is 227 g/mol. The molecule has 0 unspecified atom stereocenters. The van der Waals surface area contributed by atoms with Gasteiger partial charge in [-0.15, -0.1) is 0 Å². The Balaban J connectivity index is 2.65.